The number of carbonyl (C=O) groups is 3. The van der Waals surface area contributed by atoms with Crippen molar-refractivity contribution in [2.24, 2.45) is 0 Å². The Morgan fingerprint density at radius 3 is 2.29 bits per heavy atom. The summed E-state index contributed by atoms with van der Waals surface area (Å²) in [6.45, 7) is 9.36. The van der Waals surface area contributed by atoms with Crippen molar-refractivity contribution in [1.29, 1.82) is 0 Å². The average Bonchev–Trinajstić information content (AvgIpc) is 2.41. The third kappa shape index (κ3) is 8.91. The van der Waals surface area contributed by atoms with Crippen LogP contribution in [0.25, 0.3) is 0 Å². The minimum absolute atomic E-state index is 0.0498. The van der Waals surface area contributed by atoms with E-state index in [0.29, 0.717) is 18.8 Å². The van der Waals surface area contributed by atoms with Gasteiger partial charge in [-0.3, -0.25) is 9.59 Å². The highest BCUT2D eigenvalue weighted by Gasteiger charge is 2.18. The van der Waals surface area contributed by atoms with Crippen LogP contribution in [0.3, 0.4) is 0 Å². The standard InChI is InChI=1S/C14H22N2O4S/c1-4-7-16(8-5-2)13(18)10-21-9-6-12(14(19)20)15-11(3)17/h4-5,12H,1-2,6-10H2,3H3,(H,15,17)(H,19,20). The van der Waals surface area contributed by atoms with Crippen molar-refractivity contribution in [3.8, 4) is 0 Å². The molecule has 0 saturated heterocycles. The number of thioether (sulfide) groups is 1. The zero-order valence-electron chi connectivity index (χ0n) is 12.2. The molecule has 1 unspecified atom stereocenters. The van der Waals surface area contributed by atoms with Crippen LogP contribution in [0.2, 0.25) is 0 Å². The Labute approximate surface area is 129 Å². The van der Waals surface area contributed by atoms with Crippen LogP contribution in [-0.2, 0) is 14.4 Å². The molecule has 0 spiro atoms. The number of rotatable bonds is 11. The van der Waals surface area contributed by atoms with Crippen LogP contribution in [0.1, 0.15) is 13.3 Å². The molecule has 1 atom stereocenters. The predicted molar refractivity (Wildman–Crippen MR) is 84.2 cm³/mol. The van der Waals surface area contributed by atoms with Gasteiger partial charge in [0, 0.05) is 20.0 Å². The molecule has 0 aromatic heterocycles. The summed E-state index contributed by atoms with van der Waals surface area (Å²) in [4.78, 5) is 35.3. The zero-order valence-corrected chi connectivity index (χ0v) is 13.0. The van der Waals surface area contributed by atoms with Crippen LogP contribution in [0.5, 0.6) is 0 Å². The quantitative estimate of drug-likeness (QED) is 0.437. The molecule has 21 heavy (non-hydrogen) atoms. The van der Waals surface area contributed by atoms with Crippen molar-refractivity contribution in [3.63, 3.8) is 0 Å². The molecule has 0 radical (unpaired) electrons. The molecule has 0 aliphatic carbocycles. The zero-order chi connectivity index (χ0) is 16.3. The minimum Gasteiger partial charge on any atom is -0.480 e. The summed E-state index contributed by atoms with van der Waals surface area (Å²) < 4.78 is 0. The summed E-state index contributed by atoms with van der Waals surface area (Å²) >= 11 is 1.34. The SMILES string of the molecule is C=CCN(CC=C)C(=O)CSCCC(NC(C)=O)C(=O)O. The Kier molecular flexibility index (Phi) is 10.0. The van der Waals surface area contributed by atoms with E-state index in [-0.39, 0.29) is 24.0 Å². The first kappa shape index (κ1) is 19.2. The lowest BCUT2D eigenvalue weighted by atomic mass is 10.2. The molecule has 0 bridgehead atoms. The lowest BCUT2D eigenvalue weighted by Gasteiger charge is -2.19. The fourth-order valence-corrected chi connectivity index (χ4v) is 2.45. The number of carboxylic acids is 1. The number of carbonyl (C=O) groups excluding carboxylic acids is 2. The Bertz CT molecular complexity index is 388. The maximum absolute atomic E-state index is 11.9. The van der Waals surface area contributed by atoms with Gasteiger partial charge in [-0.15, -0.1) is 13.2 Å². The Morgan fingerprint density at radius 2 is 1.86 bits per heavy atom. The second-order valence-electron chi connectivity index (χ2n) is 4.31. The molecular weight excluding hydrogens is 292 g/mol. The van der Waals surface area contributed by atoms with E-state index in [1.807, 2.05) is 0 Å². The Hall–Kier alpha value is -1.76. The summed E-state index contributed by atoms with van der Waals surface area (Å²) in [6.07, 6.45) is 3.56. The van der Waals surface area contributed by atoms with Crippen LogP contribution in [-0.4, -0.2) is 58.4 Å². The molecule has 118 valence electrons. The molecule has 0 heterocycles. The number of hydrogen-bond donors (Lipinski definition) is 2. The van der Waals surface area contributed by atoms with E-state index >= 15 is 0 Å². The van der Waals surface area contributed by atoms with Crippen molar-refractivity contribution >= 4 is 29.5 Å². The molecule has 0 rings (SSSR count). The van der Waals surface area contributed by atoms with Gasteiger partial charge in [0.25, 0.3) is 0 Å². The second kappa shape index (κ2) is 11.0. The fourth-order valence-electron chi connectivity index (χ4n) is 1.54. The first-order valence-corrected chi connectivity index (χ1v) is 7.65. The molecule has 2 amide bonds. The third-order valence-corrected chi connectivity index (χ3v) is 3.48. The average molecular weight is 314 g/mol. The summed E-state index contributed by atoms with van der Waals surface area (Å²) in [5, 5.41) is 11.3. The molecule has 0 aromatic rings. The second-order valence-corrected chi connectivity index (χ2v) is 5.41. The monoisotopic (exact) mass is 314 g/mol. The Morgan fingerprint density at radius 1 is 1.29 bits per heavy atom. The summed E-state index contributed by atoms with van der Waals surface area (Å²) in [7, 11) is 0. The molecule has 0 saturated carbocycles. The van der Waals surface area contributed by atoms with Gasteiger partial charge in [-0.25, -0.2) is 4.79 Å². The van der Waals surface area contributed by atoms with Gasteiger partial charge in [0.1, 0.15) is 6.04 Å². The molecule has 7 heteroatoms. The van der Waals surface area contributed by atoms with Crippen molar-refractivity contribution in [1.82, 2.24) is 10.2 Å². The normalized spacial score (nSPS) is 11.3. The number of carboxylic acid groups (broad SMARTS) is 1. The van der Waals surface area contributed by atoms with E-state index in [9.17, 15) is 14.4 Å². The molecule has 0 fully saturated rings. The largest absolute Gasteiger partial charge is 0.480 e. The van der Waals surface area contributed by atoms with Gasteiger partial charge in [0.15, 0.2) is 0 Å². The number of nitrogens with one attached hydrogen (secondary N) is 1. The first-order chi connectivity index (χ1) is 9.92. The van der Waals surface area contributed by atoms with Crippen LogP contribution in [0.4, 0.5) is 0 Å². The topological polar surface area (TPSA) is 86.7 Å². The van der Waals surface area contributed by atoms with E-state index < -0.39 is 12.0 Å². The summed E-state index contributed by atoms with van der Waals surface area (Å²) in [5.41, 5.74) is 0. The van der Waals surface area contributed by atoms with E-state index in [1.54, 1.807) is 17.1 Å². The molecule has 0 aliphatic heterocycles. The van der Waals surface area contributed by atoms with E-state index in [1.165, 1.54) is 18.7 Å². The summed E-state index contributed by atoms with van der Waals surface area (Å²) in [5.74, 6) is -0.775. The highest BCUT2D eigenvalue weighted by atomic mass is 32.2. The number of aliphatic carboxylic acids is 1. The van der Waals surface area contributed by atoms with Crippen LogP contribution in [0.15, 0.2) is 25.3 Å². The lowest BCUT2D eigenvalue weighted by Crippen LogP contribution is -2.40. The highest BCUT2D eigenvalue weighted by Crippen LogP contribution is 2.07. The minimum atomic E-state index is -1.07. The smallest absolute Gasteiger partial charge is 0.326 e. The van der Waals surface area contributed by atoms with Gasteiger partial charge >= 0.3 is 5.97 Å². The molecule has 2 N–H and O–H groups in total. The van der Waals surface area contributed by atoms with Gasteiger partial charge in [-0.05, 0) is 12.2 Å². The number of amides is 2. The van der Waals surface area contributed by atoms with Crippen molar-refractivity contribution < 1.29 is 19.5 Å². The number of hydrogen-bond acceptors (Lipinski definition) is 4. The molecular formula is C14H22N2O4S. The van der Waals surface area contributed by atoms with E-state index in [4.69, 9.17) is 5.11 Å². The van der Waals surface area contributed by atoms with E-state index in [2.05, 4.69) is 18.5 Å². The van der Waals surface area contributed by atoms with Gasteiger partial charge in [-0.1, -0.05) is 12.2 Å². The van der Waals surface area contributed by atoms with Crippen LogP contribution in [0, 0.1) is 0 Å². The van der Waals surface area contributed by atoms with Crippen molar-refractivity contribution in [2.45, 2.75) is 19.4 Å². The maximum atomic E-state index is 11.9. The molecule has 0 aromatic carbocycles. The van der Waals surface area contributed by atoms with Gasteiger partial charge in [0.05, 0.1) is 5.75 Å². The van der Waals surface area contributed by atoms with Crippen molar-refractivity contribution in [3.05, 3.63) is 25.3 Å². The predicted octanol–water partition coefficient (Wildman–Crippen LogP) is 0.900. The van der Waals surface area contributed by atoms with Gasteiger partial charge in [0.2, 0.25) is 11.8 Å². The maximum Gasteiger partial charge on any atom is 0.326 e. The van der Waals surface area contributed by atoms with Gasteiger partial charge < -0.3 is 15.3 Å². The Balaban J connectivity index is 4.13. The van der Waals surface area contributed by atoms with Crippen LogP contribution < -0.4 is 5.32 Å². The summed E-state index contributed by atoms with van der Waals surface area (Å²) in [6, 6.07) is -0.914. The fraction of sp³-hybridized carbons (Fsp3) is 0.500. The van der Waals surface area contributed by atoms with Crippen molar-refractivity contribution in [2.75, 3.05) is 24.6 Å². The molecule has 0 aliphatic rings. The highest BCUT2D eigenvalue weighted by molar-refractivity contribution is 7.99. The first-order valence-electron chi connectivity index (χ1n) is 6.49. The van der Waals surface area contributed by atoms with E-state index in [0.717, 1.165) is 0 Å². The number of nitrogens with zero attached hydrogens (tertiary/aromatic N) is 1. The molecule has 6 nitrogen and oxygen atoms in total. The van der Waals surface area contributed by atoms with Crippen LogP contribution >= 0.6 is 11.8 Å². The third-order valence-electron chi connectivity index (χ3n) is 2.50. The lowest BCUT2D eigenvalue weighted by molar-refractivity contribution is -0.141. The van der Waals surface area contributed by atoms with Gasteiger partial charge in [-0.2, -0.15) is 11.8 Å².